The van der Waals surface area contributed by atoms with E-state index in [1.54, 1.807) is 0 Å². The van der Waals surface area contributed by atoms with Crippen molar-refractivity contribution < 1.29 is 19.4 Å². The van der Waals surface area contributed by atoms with Crippen LogP contribution in [0.15, 0.2) is 30.3 Å². The molecule has 2 saturated heterocycles. The smallest absolute Gasteiger partial charge is 0.228 e. The Hall–Kier alpha value is -1.92. The van der Waals surface area contributed by atoms with Crippen LogP contribution in [0, 0.1) is 23.7 Å². The van der Waals surface area contributed by atoms with E-state index in [9.17, 15) is 14.7 Å². The average Bonchev–Trinajstić information content (AvgIpc) is 3.33. The molecule has 6 heteroatoms. The Morgan fingerprint density at radius 3 is 2.88 bits per heavy atom. The summed E-state index contributed by atoms with van der Waals surface area (Å²) in [5.74, 6) is 0.733. The number of carbonyl (C=O) groups is 2. The largest absolute Gasteiger partial charge is 0.390 e. The summed E-state index contributed by atoms with van der Waals surface area (Å²) < 4.78 is 6.04. The zero-order valence-corrected chi connectivity index (χ0v) is 14.6. The predicted molar refractivity (Wildman–Crippen MR) is 92.5 cm³/mol. The highest BCUT2D eigenvalue weighted by Crippen LogP contribution is 2.63. The molecule has 0 aromatic heterocycles. The summed E-state index contributed by atoms with van der Waals surface area (Å²) in [6, 6.07) is 9.82. The van der Waals surface area contributed by atoms with Crippen molar-refractivity contribution in [3.05, 3.63) is 35.9 Å². The summed E-state index contributed by atoms with van der Waals surface area (Å²) in [6.07, 6.45) is 1.22. The van der Waals surface area contributed by atoms with E-state index in [1.807, 2.05) is 35.2 Å². The van der Waals surface area contributed by atoms with Gasteiger partial charge in [0.05, 0.1) is 18.1 Å². The average molecular weight is 356 g/mol. The molecule has 2 heterocycles. The van der Waals surface area contributed by atoms with Crippen molar-refractivity contribution in [2.45, 2.75) is 44.2 Å². The van der Waals surface area contributed by atoms with Gasteiger partial charge >= 0.3 is 0 Å². The van der Waals surface area contributed by atoms with E-state index in [-0.39, 0.29) is 41.9 Å². The Bertz CT molecular complexity index is 724. The standard InChI is InChI=1S/C20H24N2O4/c23-14(21-10-11-5-2-1-3-6-11)7-4-8-22-19(25)15-12-9-13-16(15)20(22)26-18(13)17(12)24/h1-3,5-6,12-13,15-18,20,24H,4,7-10H2,(H,21,23). The van der Waals surface area contributed by atoms with E-state index in [4.69, 9.17) is 4.74 Å². The van der Waals surface area contributed by atoms with E-state index < -0.39 is 6.10 Å². The topological polar surface area (TPSA) is 78.9 Å². The molecule has 26 heavy (non-hydrogen) atoms. The van der Waals surface area contributed by atoms with Crippen molar-refractivity contribution in [3.63, 3.8) is 0 Å². The van der Waals surface area contributed by atoms with Gasteiger partial charge in [0.1, 0.15) is 6.23 Å². The molecule has 2 saturated carbocycles. The number of hydrogen-bond acceptors (Lipinski definition) is 4. The Kier molecular flexibility index (Phi) is 3.79. The van der Waals surface area contributed by atoms with Gasteiger partial charge in [-0.25, -0.2) is 0 Å². The lowest BCUT2D eigenvalue weighted by molar-refractivity contribution is -0.151. The van der Waals surface area contributed by atoms with E-state index in [2.05, 4.69) is 5.32 Å². The highest BCUT2D eigenvalue weighted by atomic mass is 16.5. The molecule has 2 amide bonds. The van der Waals surface area contributed by atoms with Gasteiger partial charge in [0.15, 0.2) is 0 Å². The van der Waals surface area contributed by atoms with Crippen LogP contribution in [0.2, 0.25) is 0 Å². The van der Waals surface area contributed by atoms with Gasteiger partial charge in [0.25, 0.3) is 0 Å². The number of aliphatic hydroxyl groups excluding tert-OH is 1. The summed E-state index contributed by atoms with van der Waals surface area (Å²) in [7, 11) is 0. The van der Waals surface area contributed by atoms with Crippen molar-refractivity contribution >= 4 is 11.8 Å². The molecule has 0 spiro atoms. The Morgan fingerprint density at radius 2 is 2.08 bits per heavy atom. The molecule has 1 aromatic rings. The maximum atomic E-state index is 12.8. The number of aliphatic hydroxyl groups is 1. The van der Waals surface area contributed by atoms with Crippen LogP contribution in [0.25, 0.3) is 0 Å². The Balaban J connectivity index is 1.13. The van der Waals surface area contributed by atoms with Gasteiger partial charge in [-0.3, -0.25) is 9.59 Å². The van der Waals surface area contributed by atoms with E-state index in [0.717, 1.165) is 12.0 Å². The molecule has 138 valence electrons. The van der Waals surface area contributed by atoms with Crippen LogP contribution < -0.4 is 5.32 Å². The number of nitrogens with one attached hydrogen (secondary N) is 1. The van der Waals surface area contributed by atoms with Crippen LogP contribution in [-0.4, -0.2) is 46.8 Å². The van der Waals surface area contributed by atoms with Gasteiger partial charge in [-0.1, -0.05) is 30.3 Å². The number of rotatable bonds is 6. The third kappa shape index (κ3) is 2.32. The van der Waals surface area contributed by atoms with Crippen molar-refractivity contribution in [3.8, 4) is 0 Å². The van der Waals surface area contributed by atoms with E-state index >= 15 is 0 Å². The molecule has 2 N–H and O–H groups in total. The maximum absolute atomic E-state index is 12.8. The minimum Gasteiger partial charge on any atom is -0.390 e. The number of benzene rings is 1. The monoisotopic (exact) mass is 356 g/mol. The number of amides is 2. The minimum absolute atomic E-state index is 0.00387. The zero-order valence-electron chi connectivity index (χ0n) is 14.6. The molecule has 7 unspecified atom stereocenters. The fraction of sp³-hybridized carbons (Fsp3) is 0.600. The van der Waals surface area contributed by atoms with Crippen molar-refractivity contribution in [2.75, 3.05) is 6.54 Å². The molecule has 2 aliphatic carbocycles. The lowest BCUT2D eigenvalue weighted by Crippen LogP contribution is -2.44. The summed E-state index contributed by atoms with van der Waals surface area (Å²) in [4.78, 5) is 26.7. The lowest BCUT2D eigenvalue weighted by atomic mass is 9.80. The second-order valence-corrected chi connectivity index (χ2v) is 8.05. The fourth-order valence-corrected chi connectivity index (χ4v) is 5.67. The second kappa shape index (κ2) is 6.06. The van der Waals surface area contributed by atoms with E-state index in [1.165, 1.54) is 0 Å². The van der Waals surface area contributed by atoms with Gasteiger partial charge in [-0.15, -0.1) is 0 Å². The number of fused-ring (bicyclic) bond motifs is 2. The van der Waals surface area contributed by atoms with Gasteiger partial charge in [-0.2, -0.15) is 0 Å². The molecule has 6 nitrogen and oxygen atoms in total. The molecule has 2 aliphatic heterocycles. The molecule has 7 atom stereocenters. The third-order valence-electron chi connectivity index (χ3n) is 6.75. The highest BCUT2D eigenvalue weighted by Gasteiger charge is 2.72. The minimum atomic E-state index is -0.471. The number of hydrogen-bond donors (Lipinski definition) is 2. The van der Waals surface area contributed by atoms with Gasteiger partial charge in [0, 0.05) is 25.4 Å². The summed E-state index contributed by atoms with van der Waals surface area (Å²) in [5.41, 5.74) is 1.08. The van der Waals surface area contributed by atoms with Crippen LogP contribution in [0.4, 0.5) is 0 Å². The number of ether oxygens (including phenoxy) is 1. The molecular formula is C20H24N2O4. The predicted octanol–water partition coefficient (Wildman–Crippen LogP) is 0.893. The zero-order chi connectivity index (χ0) is 17.8. The molecule has 2 bridgehead atoms. The maximum Gasteiger partial charge on any atom is 0.228 e. The lowest BCUT2D eigenvalue weighted by Gasteiger charge is -2.30. The molecule has 1 aromatic carbocycles. The third-order valence-corrected chi connectivity index (χ3v) is 6.75. The van der Waals surface area contributed by atoms with Gasteiger partial charge in [0.2, 0.25) is 11.8 Å². The number of likely N-dealkylation sites (tertiary alicyclic amines) is 1. The first-order valence-corrected chi connectivity index (χ1v) is 9.60. The number of carbonyl (C=O) groups excluding carboxylic acids is 2. The first kappa shape index (κ1) is 16.3. The Morgan fingerprint density at radius 1 is 1.27 bits per heavy atom. The van der Waals surface area contributed by atoms with Gasteiger partial charge < -0.3 is 20.1 Å². The van der Waals surface area contributed by atoms with Crippen LogP contribution >= 0.6 is 0 Å². The molecule has 0 radical (unpaired) electrons. The Labute approximate surface area is 152 Å². The van der Waals surface area contributed by atoms with Crippen LogP contribution in [0.1, 0.15) is 24.8 Å². The second-order valence-electron chi connectivity index (χ2n) is 8.05. The highest BCUT2D eigenvalue weighted by molar-refractivity contribution is 5.83. The van der Waals surface area contributed by atoms with Crippen molar-refractivity contribution in [1.29, 1.82) is 0 Å². The SMILES string of the molecule is O=C(CCCN1C(=O)C2C3CC4C(OC1C42)C3O)NCc1ccccc1. The first-order valence-electron chi connectivity index (χ1n) is 9.60. The quantitative estimate of drug-likeness (QED) is 0.794. The molecule has 5 rings (SSSR count). The van der Waals surface area contributed by atoms with Crippen LogP contribution in [0.5, 0.6) is 0 Å². The molecular weight excluding hydrogens is 332 g/mol. The van der Waals surface area contributed by atoms with Gasteiger partial charge in [-0.05, 0) is 30.2 Å². The number of nitrogens with zero attached hydrogens (tertiary/aromatic N) is 1. The fourth-order valence-electron chi connectivity index (χ4n) is 5.67. The first-order chi connectivity index (χ1) is 12.6. The summed E-state index contributed by atoms with van der Waals surface area (Å²) >= 11 is 0. The van der Waals surface area contributed by atoms with Crippen LogP contribution in [-0.2, 0) is 20.9 Å². The molecule has 4 aliphatic rings. The van der Waals surface area contributed by atoms with Crippen molar-refractivity contribution in [2.24, 2.45) is 23.7 Å². The van der Waals surface area contributed by atoms with Crippen molar-refractivity contribution in [1.82, 2.24) is 10.2 Å². The normalized spacial score (nSPS) is 39.0. The summed E-state index contributed by atoms with van der Waals surface area (Å²) in [5, 5.41) is 13.2. The molecule has 4 fully saturated rings. The van der Waals surface area contributed by atoms with Crippen LogP contribution in [0.3, 0.4) is 0 Å². The summed E-state index contributed by atoms with van der Waals surface area (Å²) in [6.45, 7) is 1.08. The van der Waals surface area contributed by atoms with E-state index in [0.29, 0.717) is 31.8 Å².